The number of rotatable bonds is 4. The zero-order valence-corrected chi connectivity index (χ0v) is 9.57. The van der Waals surface area contributed by atoms with Gasteiger partial charge >= 0.3 is 7.60 Å². The van der Waals surface area contributed by atoms with Gasteiger partial charge in [-0.2, -0.15) is 0 Å². The van der Waals surface area contributed by atoms with Crippen LogP contribution in [-0.4, -0.2) is 51.3 Å². The van der Waals surface area contributed by atoms with Crippen molar-refractivity contribution in [2.24, 2.45) is 0 Å². The van der Waals surface area contributed by atoms with E-state index in [-0.39, 0.29) is 18.2 Å². The Balaban J connectivity index is 2.53. The van der Waals surface area contributed by atoms with Gasteiger partial charge in [-0.1, -0.05) is 0 Å². The smallest absolute Gasteiger partial charge is 0.325 e. The van der Waals surface area contributed by atoms with Crippen LogP contribution in [0.4, 0.5) is 0 Å². The molecule has 1 aliphatic rings. The molecule has 0 aromatic carbocycles. The van der Waals surface area contributed by atoms with Crippen LogP contribution < -0.4 is 0 Å². The van der Waals surface area contributed by atoms with Crippen LogP contribution in [0.15, 0.2) is 0 Å². The van der Waals surface area contributed by atoms with E-state index in [1.54, 1.807) is 7.11 Å². The number of hydrogen-bond acceptors (Lipinski definition) is 4. The van der Waals surface area contributed by atoms with Crippen molar-refractivity contribution in [2.45, 2.75) is 24.6 Å². The molecule has 0 bridgehead atoms. The zero-order valence-electron chi connectivity index (χ0n) is 8.67. The van der Waals surface area contributed by atoms with Crippen LogP contribution in [0, 0.1) is 0 Å². The highest BCUT2D eigenvalue weighted by Gasteiger charge is 2.36. The number of methoxy groups -OCH3 is 1. The summed E-state index contributed by atoms with van der Waals surface area (Å²) in [7, 11) is 0.0321. The molecule has 0 radical (unpaired) electrons. The lowest BCUT2D eigenvalue weighted by atomic mass is 9.96. The van der Waals surface area contributed by atoms with Gasteiger partial charge in [0.05, 0.1) is 12.7 Å². The molecule has 1 unspecified atom stereocenters. The van der Waals surface area contributed by atoms with Gasteiger partial charge in [0.2, 0.25) is 0 Å². The molecule has 5 nitrogen and oxygen atoms in total. The van der Waals surface area contributed by atoms with Crippen molar-refractivity contribution in [1.29, 1.82) is 0 Å². The van der Waals surface area contributed by atoms with Gasteiger partial charge in [-0.3, -0.25) is 4.57 Å². The molecule has 1 N–H and O–H groups in total. The van der Waals surface area contributed by atoms with E-state index < -0.39 is 7.60 Å². The number of hydrogen-bond donors (Lipinski definition) is 1. The zero-order chi connectivity index (χ0) is 10.8. The molecule has 0 aliphatic carbocycles. The molecular formula is C7H16BO5P. The van der Waals surface area contributed by atoms with Crippen LogP contribution in [0.3, 0.4) is 0 Å². The Morgan fingerprint density at radius 3 is 2.86 bits per heavy atom. The summed E-state index contributed by atoms with van der Waals surface area (Å²) in [5.74, 6) is 0. The van der Waals surface area contributed by atoms with E-state index in [1.807, 2.05) is 7.85 Å². The summed E-state index contributed by atoms with van der Waals surface area (Å²) < 4.78 is 26.5. The highest BCUT2D eigenvalue weighted by Crippen LogP contribution is 2.41. The third-order valence-electron chi connectivity index (χ3n) is 2.05. The van der Waals surface area contributed by atoms with Crippen LogP contribution in [0.25, 0.3) is 0 Å². The highest BCUT2D eigenvalue weighted by atomic mass is 31.2. The van der Waals surface area contributed by atoms with Crippen LogP contribution in [-0.2, 0) is 18.6 Å². The van der Waals surface area contributed by atoms with Crippen molar-refractivity contribution >= 4 is 15.4 Å². The Labute approximate surface area is 84.7 Å². The molecule has 1 aliphatic heterocycles. The molecule has 82 valence electrons. The SMILES string of the molecule is B[C@H]1C[C@@H](OP(C)(=O)O)[C@@H](COC)O1. The molecule has 0 amide bonds. The first-order valence-electron chi connectivity index (χ1n) is 4.55. The predicted octanol–water partition coefficient (Wildman–Crippen LogP) is -0.419. The third kappa shape index (κ3) is 3.71. The molecule has 0 aromatic rings. The van der Waals surface area contributed by atoms with E-state index >= 15 is 0 Å². The van der Waals surface area contributed by atoms with Gasteiger partial charge in [0.15, 0.2) is 0 Å². The molecule has 1 fully saturated rings. The fourth-order valence-corrected chi connectivity index (χ4v) is 2.32. The summed E-state index contributed by atoms with van der Waals surface area (Å²) in [5, 5.41) is 0. The van der Waals surface area contributed by atoms with E-state index in [0.717, 1.165) is 0 Å². The Morgan fingerprint density at radius 2 is 2.36 bits per heavy atom. The second-order valence-corrected chi connectivity index (χ2v) is 5.44. The fourth-order valence-electron chi connectivity index (χ4n) is 1.59. The summed E-state index contributed by atoms with van der Waals surface area (Å²) in [6.45, 7) is 1.56. The lowest BCUT2D eigenvalue weighted by molar-refractivity contribution is -0.0123. The maximum atomic E-state index is 11.1. The maximum Gasteiger partial charge on any atom is 0.325 e. The predicted molar refractivity (Wildman–Crippen MR) is 54.3 cm³/mol. The minimum absolute atomic E-state index is 0.0479. The van der Waals surface area contributed by atoms with E-state index in [1.165, 1.54) is 6.66 Å². The van der Waals surface area contributed by atoms with Gasteiger partial charge in [0.25, 0.3) is 0 Å². The highest BCUT2D eigenvalue weighted by molar-refractivity contribution is 7.51. The first kappa shape index (κ1) is 12.2. The van der Waals surface area contributed by atoms with Crippen LogP contribution in [0.2, 0.25) is 0 Å². The van der Waals surface area contributed by atoms with E-state index in [9.17, 15) is 4.57 Å². The molecule has 4 atom stereocenters. The van der Waals surface area contributed by atoms with Gasteiger partial charge in [-0.25, -0.2) is 0 Å². The minimum atomic E-state index is -3.44. The second kappa shape index (κ2) is 4.77. The first-order chi connectivity index (χ1) is 6.42. The Hall–Kier alpha value is 0.135. The Bertz CT molecular complexity index is 230. The van der Waals surface area contributed by atoms with Crippen molar-refractivity contribution in [3.05, 3.63) is 0 Å². The largest absolute Gasteiger partial charge is 0.382 e. The van der Waals surface area contributed by atoms with Crippen molar-refractivity contribution in [3.63, 3.8) is 0 Å². The van der Waals surface area contributed by atoms with Crippen molar-refractivity contribution in [1.82, 2.24) is 0 Å². The summed E-state index contributed by atoms with van der Waals surface area (Å²) in [4.78, 5) is 9.09. The molecule has 1 saturated heterocycles. The standard InChI is InChI=1S/C7H16BO5P/c1-11-4-6-5(3-7(8)12-6)13-14(2,9)10/h5-7H,3-4,8H2,1-2H3,(H,9,10)/t5-,6-,7-/m1/s1. The molecule has 1 heterocycles. The molecule has 14 heavy (non-hydrogen) atoms. The van der Waals surface area contributed by atoms with E-state index in [0.29, 0.717) is 13.0 Å². The molecule has 0 saturated carbocycles. The average Bonchev–Trinajstić information content (AvgIpc) is 2.28. The maximum absolute atomic E-state index is 11.1. The molecular weight excluding hydrogens is 206 g/mol. The Kier molecular flexibility index (Phi) is 4.16. The third-order valence-corrected chi connectivity index (χ3v) is 2.71. The van der Waals surface area contributed by atoms with Crippen molar-refractivity contribution in [3.8, 4) is 0 Å². The van der Waals surface area contributed by atoms with Crippen molar-refractivity contribution in [2.75, 3.05) is 20.4 Å². The normalized spacial score (nSPS) is 36.9. The monoisotopic (exact) mass is 222 g/mol. The van der Waals surface area contributed by atoms with Gasteiger partial charge in [-0.05, 0) is 6.42 Å². The topological polar surface area (TPSA) is 65.0 Å². The summed E-state index contributed by atoms with van der Waals surface area (Å²) in [5.41, 5.74) is 0. The van der Waals surface area contributed by atoms with E-state index in [2.05, 4.69) is 0 Å². The lowest BCUT2D eigenvalue weighted by Crippen LogP contribution is -2.27. The van der Waals surface area contributed by atoms with Gasteiger partial charge < -0.3 is 18.9 Å². The summed E-state index contributed by atoms with van der Waals surface area (Å²) >= 11 is 0. The summed E-state index contributed by atoms with van der Waals surface area (Å²) in [6, 6.07) is 0.0479. The number of ether oxygens (including phenoxy) is 2. The minimum Gasteiger partial charge on any atom is -0.382 e. The average molecular weight is 222 g/mol. The molecule has 0 spiro atoms. The fraction of sp³-hybridized carbons (Fsp3) is 1.00. The van der Waals surface area contributed by atoms with Gasteiger partial charge in [0.1, 0.15) is 14.0 Å². The molecule has 0 aromatic heterocycles. The van der Waals surface area contributed by atoms with Crippen molar-refractivity contribution < 1.29 is 23.5 Å². The van der Waals surface area contributed by atoms with Gasteiger partial charge in [0, 0.05) is 19.8 Å². The first-order valence-corrected chi connectivity index (χ1v) is 6.58. The summed E-state index contributed by atoms with van der Waals surface area (Å²) in [6.07, 6.45) is 0.0492. The quantitative estimate of drug-likeness (QED) is 0.517. The lowest BCUT2D eigenvalue weighted by Gasteiger charge is -2.19. The second-order valence-electron chi connectivity index (χ2n) is 3.62. The van der Waals surface area contributed by atoms with Crippen LogP contribution in [0.5, 0.6) is 0 Å². The Morgan fingerprint density at radius 1 is 1.71 bits per heavy atom. The van der Waals surface area contributed by atoms with E-state index in [4.69, 9.17) is 18.9 Å². The molecule has 7 heteroatoms. The van der Waals surface area contributed by atoms with Gasteiger partial charge in [-0.15, -0.1) is 0 Å². The molecule has 1 rings (SSSR count). The van der Waals surface area contributed by atoms with Crippen LogP contribution >= 0.6 is 7.60 Å². The van der Waals surface area contributed by atoms with Crippen LogP contribution in [0.1, 0.15) is 6.42 Å².